The lowest BCUT2D eigenvalue weighted by atomic mass is 10.0. The zero-order chi connectivity index (χ0) is 43.6. The highest BCUT2D eigenvalue weighted by molar-refractivity contribution is 7.45. The second kappa shape index (κ2) is 42.3. The number of nitrogens with one attached hydrogen (secondary N) is 1. The molecule has 3 atom stereocenters. The fourth-order valence-electron chi connectivity index (χ4n) is 7.38. The third-order valence-electron chi connectivity index (χ3n) is 11.4. The normalized spacial score (nSPS) is 14.4. The number of phosphoric ester groups is 1. The third kappa shape index (κ3) is 44.8. The molecule has 0 aromatic carbocycles. The molecular formula is C50H99N2O6P. The van der Waals surface area contributed by atoms with Gasteiger partial charge < -0.3 is 28.8 Å². The zero-order valence-corrected chi connectivity index (χ0v) is 40.6. The monoisotopic (exact) mass is 855 g/mol. The Hall–Kier alpha value is -1.02. The van der Waals surface area contributed by atoms with Crippen LogP contribution in [0.15, 0.2) is 24.3 Å². The fourth-order valence-corrected chi connectivity index (χ4v) is 8.11. The molecule has 0 aliphatic heterocycles. The minimum Gasteiger partial charge on any atom is -0.756 e. The van der Waals surface area contributed by atoms with Gasteiger partial charge in [-0.3, -0.25) is 9.36 Å². The first-order valence-corrected chi connectivity index (χ1v) is 26.7. The van der Waals surface area contributed by atoms with Gasteiger partial charge in [-0.25, -0.2) is 0 Å². The van der Waals surface area contributed by atoms with Crippen LogP contribution < -0.4 is 10.2 Å². The maximum Gasteiger partial charge on any atom is 0.268 e. The molecule has 0 fully saturated rings. The van der Waals surface area contributed by atoms with Gasteiger partial charge in [0.15, 0.2) is 0 Å². The Morgan fingerprint density at radius 3 is 1.32 bits per heavy atom. The molecule has 9 heteroatoms. The average Bonchev–Trinajstić information content (AvgIpc) is 3.19. The molecule has 0 spiro atoms. The highest BCUT2D eigenvalue weighted by Gasteiger charge is 2.23. The topological polar surface area (TPSA) is 108 Å². The Morgan fingerprint density at radius 2 is 0.932 bits per heavy atom. The van der Waals surface area contributed by atoms with Crippen molar-refractivity contribution in [2.24, 2.45) is 0 Å². The van der Waals surface area contributed by atoms with Gasteiger partial charge in [0.25, 0.3) is 7.82 Å². The number of aliphatic hydroxyl groups excluding tert-OH is 1. The standard InChI is InChI=1S/C50H99N2O6P/c1-6-8-10-12-14-16-18-20-21-22-23-24-25-26-27-28-29-30-31-32-34-36-38-40-42-44-50(54)51-48(47-58-59(55,56)57-46-45-52(3,4)5)49(53)43-41-39-37-35-33-19-17-15-13-11-9-7-2/h22-23,41,43,48-49,53H,6-21,24-40,42,44-47H2,1-5H3,(H-,51,54,55,56)/b23-22-,43-41+. The van der Waals surface area contributed by atoms with Gasteiger partial charge in [0.2, 0.25) is 5.91 Å². The molecule has 3 unspecified atom stereocenters. The van der Waals surface area contributed by atoms with Gasteiger partial charge in [-0.05, 0) is 44.9 Å². The minimum absolute atomic E-state index is 0.000520. The van der Waals surface area contributed by atoms with E-state index in [1.165, 1.54) is 180 Å². The van der Waals surface area contributed by atoms with Crippen molar-refractivity contribution in [3.8, 4) is 0 Å². The van der Waals surface area contributed by atoms with Crippen LogP contribution in [0.2, 0.25) is 0 Å². The van der Waals surface area contributed by atoms with E-state index in [0.717, 1.165) is 38.5 Å². The smallest absolute Gasteiger partial charge is 0.268 e. The number of carbonyl (C=O) groups excluding carboxylic acids is 1. The molecule has 0 heterocycles. The summed E-state index contributed by atoms with van der Waals surface area (Å²) >= 11 is 0. The molecule has 0 aliphatic carbocycles. The predicted molar refractivity (Wildman–Crippen MR) is 252 cm³/mol. The first kappa shape index (κ1) is 58.0. The third-order valence-corrected chi connectivity index (χ3v) is 12.4. The van der Waals surface area contributed by atoms with E-state index in [4.69, 9.17) is 9.05 Å². The molecule has 350 valence electrons. The second-order valence-corrected chi connectivity index (χ2v) is 19.9. The Bertz CT molecular complexity index is 1020. The van der Waals surface area contributed by atoms with Crippen LogP contribution in [-0.2, 0) is 18.4 Å². The number of carbonyl (C=O) groups is 1. The van der Waals surface area contributed by atoms with Crippen molar-refractivity contribution >= 4 is 13.7 Å². The maximum absolute atomic E-state index is 12.9. The largest absolute Gasteiger partial charge is 0.756 e. The molecule has 0 aliphatic rings. The van der Waals surface area contributed by atoms with Crippen LogP contribution in [0.25, 0.3) is 0 Å². The number of phosphoric acid groups is 1. The first-order valence-electron chi connectivity index (χ1n) is 25.2. The highest BCUT2D eigenvalue weighted by atomic mass is 31.2. The lowest BCUT2D eigenvalue weighted by molar-refractivity contribution is -0.870. The SMILES string of the molecule is CCCCCCCCCC/C=C\CCCCCCCCCCCCCCCC(=O)NC(COP(=O)([O-])OCC[N+](C)(C)C)C(O)/C=C/CCCCCCCCCCCC. The maximum atomic E-state index is 12.9. The quantitative estimate of drug-likeness (QED) is 0.0273. The van der Waals surface area contributed by atoms with Crippen LogP contribution in [0.5, 0.6) is 0 Å². The predicted octanol–water partition coefficient (Wildman–Crippen LogP) is 13.8. The van der Waals surface area contributed by atoms with Crippen molar-refractivity contribution in [1.82, 2.24) is 5.32 Å². The van der Waals surface area contributed by atoms with Gasteiger partial charge in [0, 0.05) is 6.42 Å². The molecule has 0 bridgehead atoms. The van der Waals surface area contributed by atoms with Crippen molar-refractivity contribution in [1.29, 1.82) is 0 Å². The summed E-state index contributed by atoms with van der Waals surface area (Å²) in [6.07, 6.45) is 50.9. The summed E-state index contributed by atoms with van der Waals surface area (Å²) in [6.45, 7) is 4.65. The molecule has 0 radical (unpaired) electrons. The van der Waals surface area contributed by atoms with E-state index >= 15 is 0 Å². The van der Waals surface area contributed by atoms with E-state index in [-0.39, 0.29) is 19.1 Å². The van der Waals surface area contributed by atoms with E-state index < -0.39 is 20.0 Å². The second-order valence-electron chi connectivity index (χ2n) is 18.5. The van der Waals surface area contributed by atoms with Crippen LogP contribution in [0.4, 0.5) is 0 Å². The molecule has 0 rings (SSSR count). The summed E-state index contributed by atoms with van der Waals surface area (Å²) in [5, 5.41) is 13.8. The Balaban J connectivity index is 4.17. The van der Waals surface area contributed by atoms with Gasteiger partial charge >= 0.3 is 0 Å². The summed E-state index contributed by atoms with van der Waals surface area (Å²) in [4.78, 5) is 25.3. The molecular weight excluding hydrogens is 756 g/mol. The Labute approximate surface area is 366 Å². The molecule has 0 saturated heterocycles. The number of hydrogen-bond acceptors (Lipinski definition) is 6. The summed E-state index contributed by atoms with van der Waals surface area (Å²) in [5.41, 5.74) is 0. The number of quaternary nitrogens is 1. The highest BCUT2D eigenvalue weighted by Crippen LogP contribution is 2.38. The van der Waals surface area contributed by atoms with E-state index in [1.54, 1.807) is 6.08 Å². The van der Waals surface area contributed by atoms with Gasteiger partial charge in [0.05, 0.1) is 39.9 Å². The lowest BCUT2D eigenvalue weighted by Crippen LogP contribution is -2.45. The first-order chi connectivity index (χ1) is 28.5. The van der Waals surface area contributed by atoms with Crippen molar-refractivity contribution in [3.63, 3.8) is 0 Å². The number of nitrogens with zero attached hydrogens (tertiary/aromatic N) is 1. The Morgan fingerprint density at radius 1 is 0.576 bits per heavy atom. The van der Waals surface area contributed by atoms with E-state index in [9.17, 15) is 19.4 Å². The molecule has 0 aromatic heterocycles. The van der Waals surface area contributed by atoms with E-state index in [0.29, 0.717) is 17.4 Å². The molecule has 8 nitrogen and oxygen atoms in total. The number of unbranched alkanes of at least 4 members (excludes halogenated alkanes) is 31. The van der Waals surface area contributed by atoms with Gasteiger partial charge in [-0.2, -0.15) is 0 Å². The molecule has 0 saturated carbocycles. The van der Waals surface area contributed by atoms with Gasteiger partial charge in [-0.15, -0.1) is 0 Å². The van der Waals surface area contributed by atoms with Crippen LogP contribution in [0, 0.1) is 0 Å². The molecule has 1 amide bonds. The summed E-state index contributed by atoms with van der Waals surface area (Å²) in [6, 6.07) is -0.882. The van der Waals surface area contributed by atoms with Crippen LogP contribution in [-0.4, -0.2) is 68.5 Å². The number of aliphatic hydroxyl groups is 1. The van der Waals surface area contributed by atoms with Crippen molar-refractivity contribution in [2.45, 2.75) is 251 Å². The summed E-state index contributed by atoms with van der Waals surface area (Å²) in [7, 11) is 1.27. The minimum atomic E-state index is -4.58. The zero-order valence-electron chi connectivity index (χ0n) is 39.7. The van der Waals surface area contributed by atoms with Gasteiger partial charge in [0.1, 0.15) is 13.2 Å². The van der Waals surface area contributed by atoms with Crippen LogP contribution in [0.1, 0.15) is 239 Å². The fraction of sp³-hybridized carbons (Fsp3) is 0.900. The van der Waals surface area contributed by atoms with Crippen LogP contribution >= 0.6 is 7.82 Å². The van der Waals surface area contributed by atoms with E-state index in [1.807, 2.05) is 27.2 Å². The van der Waals surface area contributed by atoms with Gasteiger partial charge in [-0.1, -0.05) is 212 Å². The number of allylic oxidation sites excluding steroid dienone is 3. The van der Waals surface area contributed by atoms with Crippen molar-refractivity contribution in [2.75, 3.05) is 40.9 Å². The van der Waals surface area contributed by atoms with Crippen molar-refractivity contribution < 1.29 is 32.9 Å². The number of likely N-dealkylation sites (N-methyl/N-ethyl adjacent to an activating group) is 1. The average molecular weight is 855 g/mol. The summed E-state index contributed by atoms with van der Waals surface area (Å²) in [5.74, 6) is -0.196. The summed E-state index contributed by atoms with van der Waals surface area (Å²) < 4.78 is 23.2. The number of amides is 1. The molecule has 2 N–H and O–H groups in total. The molecule has 0 aromatic rings. The number of rotatable bonds is 46. The Kier molecular flexibility index (Phi) is 41.6. The van der Waals surface area contributed by atoms with E-state index in [2.05, 4.69) is 31.3 Å². The lowest BCUT2D eigenvalue weighted by Gasteiger charge is -2.29. The van der Waals surface area contributed by atoms with Crippen molar-refractivity contribution in [3.05, 3.63) is 24.3 Å². The molecule has 59 heavy (non-hydrogen) atoms. The van der Waals surface area contributed by atoms with Crippen LogP contribution in [0.3, 0.4) is 0 Å². The number of hydrogen-bond donors (Lipinski definition) is 2.